The van der Waals surface area contributed by atoms with Gasteiger partial charge in [-0.25, -0.2) is 18.1 Å². The van der Waals surface area contributed by atoms with Gasteiger partial charge in [-0.2, -0.15) is 0 Å². The lowest BCUT2D eigenvalue weighted by atomic mass is 10.1. The molecule has 0 radical (unpaired) electrons. The maximum Gasteiger partial charge on any atom is 0.208 e. The van der Waals surface area contributed by atoms with Crippen molar-refractivity contribution in [3.05, 3.63) is 34.9 Å². The summed E-state index contributed by atoms with van der Waals surface area (Å²) in [7, 11) is -3.15. The summed E-state index contributed by atoms with van der Waals surface area (Å²) in [5.41, 5.74) is 3.64. The molecule has 0 heterocycles. The van der Waals surface area contributed by atoms with Crippen LogP contribution >= 0.6 is 0 Å². The molecule has 0 aromatic heterocycles. The summed E-state index contributed by atoms with van der Waals surface area (Å²) in [5.74, 6) is 0.678. The number of aryl methyl sites for hydroxylation is 2. The lowest BCUT2D eigenvalue weighted by Gasteiger charge is -2.12. The zero-order valence-electron chi connectivity index (χ0n) is 13.7. The summed E-state index contributed by atoms with van der Waals surface area (Å²) in [6, 6.07) is 6.30. The molecule has 1 rings (SSSR count). The average molecular weight is 326 g/mol. The predicted octanol–water partition coefficient (Wildman–Crippen LogP) is 0.908. The average Bonchev–Trinajstić information content (AvgIpc) is 2.41. The molecule has 0 bridgehead atoms. The second-order valence-corrected chi connectivity index (χ2v) is 7.05. The minimum atomic E-state index is -3.15. The second-order valence-electron chi connectivity index (χ2n) is 5.22. The van der Waals surface area contributed by atoms with Crippen molar-refractivity contribution in [3.8, 4) is 0 Å². The molecule has 0 amide bonds. The summed E-state index contributed by atoms with van der Waals surface area (Å²) in [6.45, 7) is 8.27. The third-order valence-electron chi connectivity index (χ3n) is 3.03. The van der Waals surface area contributed by atoms with Gasteiger partial charge in [-0.05, 0) is 31.9 Å². The van der Waals surface area contributed by atoms with Crippen LogP contribution in [0.4, 0.5) is 0 Å². The van der Waals surface area contributed by atoms with Crippen molar-refractivity contribution in [1.82, 2.24) is 15.4 Å². The fraction of sp³-hybridized carbons (Fsp3) is 0.533. The molecule has 0 spiro atoms. The molecule has 3 N–H and O–H groups in total. The van der Waals surface area contributed by atoms with E-state index in [0.29, 0.717) is 25.6 Å². The van der Waals surface area contributed by atoms with Crippen LogP contribution < -0.4 is 15.4 Å². The first-order valence-electron chi connectivity index (χ1n) is 7.34. The highest BCUT2D eigenvalue weighted by atomic mass is 32.2. The van der Waals surface area contributed by atoms with Gasteiger partial charge in [-0.3, -0.25) is 0 Å². The highest BCUT2D eigenvalue weighted by Crippen LogP contribution is 2.11. The number of rotatable bonds is 7. The fourth-order valence-electron chi connectivity index (χ4n) is 1.95. The van der Waals surface area contributed by atoms with Gasteiger partial charge in [0.2, 0.25) is 10.0 Å². The zero-order valence-corrected chi connectivity index (χ0v) is 14.5. The predicted molar refractivity (Wildman–Crippen MR) is 91.6 cm³/mol. The van der Waals surface area contributed by atoms with Crippen molar-refractivity contribution >= 4 is 16.0 Å². The highest BCUT2D eigenvalue weighted by molar-refractivity contribution is 7.88. The lowest BCUT2D eigenvalue weighted by Crippen LogP contribution is -2.41. The SMILES string of the molecule is CCNC(=NCc1ccc(C)cc1C)NCCNS(C)(=O)=O. The van der Waals surface area contributed by atoms with Gasteiger partial charge in [0.25, 0.3) is 0 Å². The Morgan fingerprint density at radius 2 is 1.91 bits per heavy atom. The van der Waals surface area contributed by atoms with Crippen LogP contribution in [0.3, 0.4) is 0 Å². The summed E-state index contributed by atoms with van der Waals surface area (Å²) < 4.78 is 24.4. The van der Waals surface area contributed by atoms with Crippen molar-refractivity contribution in [1.29, 1.82) is 0 Å². The number of hydrogen-bond acceptors (Lipinski definition) is 3. The molecule has 0 aliphatic rings. The Hall–Kier alpha value is -1.60. The number of nitrogens with zero attached hydrogens (tertiary/aromatic N) is 1. The summed E-state index contributed by atoms with van der Waals surface area (Å²) >= 11 is 0. The first kappa shape index (κ1) is 18.4. The molecule has 6 nitrogen and oxygen atoms in total. The largest absolute Gasteiger partial charge is 0.357 e. The number of hydrogen-bond donors (Lipinski definition) is 3. The van der Waals surface area contributed by atoms with E-state index in [1.54, 1.807) is 0 Å². The Morgan fingerprint density at radius 1 is 1.18 bits per heavy atom. The summed E-state index contributed by atoms with van der Waals surface area (Å²) in [5, 5.41) is 6.25. The Morgan fingerprint density at radius 3 is 2.50 bits per heavy atom. The van der Waals surface area contributed by atoms with Gasteiger partial charge in [0.05, 0.1) is 12.8 Å². The van der Waals surface area contributed by atoms with Gasteiger partial charge in [-0.15, -0.1) is 0 Å². The third kappa shape index (κ3) is 7.42. The zero-order chi connectivity index (χ0) is 16.6. The molecule has 0 saturated carbocycles. The molecule has 0 aliphatic carbocycles. The van der Waals surface area contributed by atoms with Crippen molar-refractivity contribution < 1.29 is 8.42 Å². The van der Waals surface area contributed by atoms with Crippen molar-refractivity contribution in [3.63, 3.8) is 0 Å². The molecule has 1 aromatic rings. The number of aliphatic imine (C=N–C) groups is 1. The second kappa shape index (κ2) is 8.75. The molecule has 0 unspecified atom stereocenters. The number of nitrogens with one attached hydrogen (secondary N) is 3. The molecule has 0 aliphatic heterocycles. The number of guanidine groups is 1. The molecular weight excluding hydrogens is 300 g/mol. The monoisotopic (exact) mass is 326 g/mol. The molecule has 0 atom stereocenters. The van der Waals surface area contributed by atoms with E-state index in [1.807, 2.05) is 6.92 Å². The molecule has 1 aromatic carbocycles. The van der Waals surface area contributed by atoms with E-state index < -0.39 is 10.0 Å². The molecule has 0 saturated heterocycles. The van der Waals surface area contributed by atoms with Gasteiger partial charge in [0.15, 0.2) is 5.96 Å². The van der Waals surface area contributed by atoms with Crippen LogP contribution in [0.15, 0.2) is 23.2 Å². The third-order valence-corrected chi connectivity index (χ3v) is 3.76. The van der Waals surface area contributed by atoms with Gasteiger partial charge >= 0.3 is 0 Å². The van der Waals surface area contributed by atoms with Crippen LogP contribution in [0, 0.1) is 13.8 Å². The maximum atomic E-state index is 11.0. The van der Waals surface area contributed by atoms with E-state index in [1.165, 1.54) is 16.7 Å². The van der Waals surface area contributed by atoms with E-state index >= 15 is 0 Å². The topological polar surface area (TPSA) is 82.6 Å². The molecule has 124 valence electrons. The van der Waals surface area contributed by atoms with Gasteiger partial charge in [-0.1, -0.05) is 23.8 Å². The van der Waals surface area contributed by atoms with Gasteiger partial charge < -0.3 is 10.6 Å². The highest BCUT2D eigenvalue weighted by Gasteiger charge is 2.02. The Kier molecular flexibility index (Phi) is 7.34. The van der Waals surface area contributed by atoms with E-state index in [9.17, 15) is 8.42 Å². The van der Waals surface area contributed by atoms with E-state index in [0.717, 1.165) is 12.8 Å². The Balaban J connectivity index is 2.58. The number of benzene rings is 1. The van der Waals surface area contributed by atoms with E-state index in [4.69, 9.17) is 0 Å². The Bertz CT molecular complexity index is 612. The minimum Gasteiger partial charge on any atom is -0.357 e. The molecule has 22 heavy (non-hydrogen) atoms. The Labute approximate surface area is 133 Å². The normalized spacial score (nSPS) is 12.3. The minimum absolute atomic E-state index is 0.326. The first-order chi connectivity index (χ1) is 10.3. The lowest BCUT2D eigenvalue weighted by molar-refractivity contribution is 0.586. The van der Waals surface area contributed by atoms with Crippen LogP contribution in [0.1, 0.15) is 23.6 Å². The van der Waals surface area contributed by atoms with E-state index in [2.05, 4.69) is 52.4 Å². The van der Waals surface area contributed by atoms with Crippen LogP contribution in [0.25, 0.3) is 0 Å². The quantitative estimate of drug-likeness (QED) is 0.395. The van der Waals surface area contributed by atoms with Crippen LogP contribution in [0.5, 0.6) is 0 Å². The van der Waals surface area contributed by atoms with Gasteiger partial charge in [0.1, 0.15) is 0 Å². The standard InChI is InChI=1S/C15H26N4O2S/c1-5-16-15(17-8-9-19-22(4,20)21)18-11-14-7-6-12(2)10-13(14)3/h6-7,10,19H,5,8-9,11H2,1-4H3,(H2,16,17,18). The summed E-state index contributed by atoms with van der Waals surface area (Å²) in [6.07, 6.45) is 1.15. The molecule has 0 fully saturated rings. The van der Waals surface area contributed by atoms with Crippen molar-refractivity contribution in [2.75, 3.05) is 25.9 Å². The van der Waals surface area contributed by atoms with Crippen LogP contribution in [0.2, 0.25) is 0 Å². The molecule has 7 heteroatoms. The van der Waals surface area contributed by atoms with Gasteiger partial charge in [0, 0.05) is 19.6 Å². The maximum absolute atomic E-state index is 11.0. The first-order valence-corrected chi connectivity index (χ1v) is 9.24. The van der Waals surface area contributed by atoms with Crippen molar-refractivity contribution in [2.24, 2.45) is 4.99 Å². The van der Waals surface area contributed by atoms with E-state index in [-0.39, 0.29) is 0 Å². The van der Waals surface area contributed by atoms with Crippen molar-refractivity contribution in [2.45, 2.75) is 27.3 Å². The fourth-order valence-corrected chi connectivity index (χ4v) is 2.42. The smallest absolute Gasteiger partial charge is 0.208 e. The van der Waals surface area contributed by atoms with Crippen LogP contribution in [-0.4, -0.2) is 40.3 Å². The number of sulfonamides is 1. The van der Waals surface area contributed by atoms with Crippen LogP contribution in [-0.2, 0) is 16.6 Å². The molecular formula is C15H26N4O2S. The summed E-state index contributed by atoms with van der Waals surface area (Å²) in [4.78, 5) is 4.53.